The topological polar surface area (TPSA) is 46.3 Å². The number of anilines is 1. The lowest BCUT2D eigenvalue weighted by molar-refractivity contribution is 0.0782. The molecule has 0 aromatic heterocycles. The summed E-state index contributed by atoms with van der Waals surface area (Å²) in [5.74, 6) is 1.54. The van der Waals surface area contributed by atoms with Crippen molar-refractivity contribution in [2.75, 3.05) is 18.8 Å². The third-order valence-electron chi connectivity index (χ3n) is 5.16. The van der Waals surface area contributed by atoms with Crippen molar-refractivity contribution in [1.29, 1.82) is 0 Å². The number of hydrogen-bond donors (Lipinski definition) is 1. The van der Waals surface area contributed by atoms with E-state index in [0.717, 1.165) is 35.7 Å². The minimum absolute atomic E-state index is 0.104. The number of benzene rings is 2. The van der Waals surface area contributed by atoms with Gasteiger partial charge in [-0.1, -0.05) is 30.7 Å². The fraction of sp³-hybridized carbons (Fsp3) is 0.389. The Hall–Kier alpha value is -2.03. The van der Waals surface area contributed by atoms with Crippen LogP contribution in [0.25, 0.3) is 10.8 Å². The van der Waals surface area contributed by atoms with Gasteiger partial charge in [0.1, 0.15) is 0 Å². The van der Waals surface area contributed by atoms with Gasteiger partial charge in [0.25, 0.3) is 5.91 Å². The zero-order valence-electron chi connectivity index (χ0n) is 12.1. The molecule has 21 heavy (non-hydrogen) atoms. The van der Waals surface area contributed by atoms with Crippen LogP contribution in [0.1, 0.15) is 29.6 Å². The van der Waals surface area contributed by atoms with Crippen LogP contribution in [0.2, 0.25) is 0 Å². The zero-order valence-corrected chi connectivity index (χ0v) is 12.1. The number of rotatable bonds is 1. The molecule has 2 fully saturated rings. The quantitative estimate of drug-likeness (QED) is 0.815. The number of nitrogens with two attached hydrogens (primary N) is 1. The molecule has 2 aromatic carbocycles. The Labute approximate surface area is 124 Å². The molecular formula is C18H20N2O. The van der Waals surface area contributed by atoms with E-state index >= 15 is 0 Å². The first-order chi connectivity index (χ1) is 10.2. The van der Waals surface area contributed by atoms with Crippen molar-refractivity contribution in [3.05, 3.63) is 42.0 Å². The number of carbonyl (C=O) groups excluding carboxylic acids is 1. The van der Waals surface area contributed by atoms with Crippen molar-refractivity contribution >= 4 is 22.4 Å². The minimum Gasteiger partial charge on any atom is -0.398 e. The minimum atomic E-state index is 0.104. The van der Waals surface area contributed by atoms with Gasteiger partial charge in [-0.05, 0) is 47.6 Å². The van der Waals surface area contributed by atoms with Crippen LogP contribution in [0.4, 0.5) is 5.69 Å². The van der Waals surface area contributed by atoms with Gasteiger partial charge in [-0.25, -0.2) is 0 Å². The van der Waals surface area contributed by atoms with Gasteiger partial charge in [0.15, 0.2) is 0 Å². The van der Waals surface area contributed by atoms with E-state index in [-0.39, 0.29) is 5.91 Å². The fourth-order valence-electron chi connectivity index (χ4n) is 4.01. The number of nitrogen functional groups attached to an aromatic ring is 1. The Kier molecular flexibility index (Phi) is 2.88. The van der Waals surface area contributed by atoms with Crippen molar-refractivity contribution in [2.45, 2.75) is 19.3 Å². The van der Waals surface area contributed by atoms with Crippen molar-refractivity contribution in [2.24, 2.45) is 11.8 Å². The van der Waals surface area contributed by atoms with E-state index in [1.807, 2.05) is 41.3 Å². The maximum Gasteiger partial charge on any atom is 0.255 e. The van der Waals surface area contributed by atoms with Crippen LogP contribution in [0, 0.1) is 11.8 Å². The first-order valence-electron chi connectivity index (χ1n) is 7.80. The van der Waals surface area contributed by atoms with Gasteiger partial charge in [0.05, 0.1) is 5.56 Å². The van der Waals surface area contributed by atoms with E-state index in [2.05, 4.69) is 0 Å². The van der Waals surface area contributed by atoms with Crippen molar-refractivity contribution in [1.82, 2.24) is 4.90 Å². The highest BCUT2D eigenvalue weighted by Crippen LogP contribution is 2.38. The van der Waals surface area contributed by atoms with E-state index in [9.17, 15) is 4.79 Å². The molecule has 2 aliphatic rings. The molecule has 2 N–H and O–H groups in total. The Morgan fingerprint density at radius 1 is 1.05 bits per heavy atom. The van der Waals surface area contributed by atoms with Gasteiger partial charge < -0.3 is 10.6 Å². The molecule has 1 aliphatic heterocycles. The summed E-state index contributed by atoms with van der Waals surface area (Å²) in [5, 5.41) is 2.17. The highest BCUT2D eigenvalue weighted by Gasteiger charge is 2.38. The third-order valence-corrected chi connectivity index (χ3v) is 5.16. The Bertz CT molecular complexity index is 697. The summed E-state index contributed by atoms with van der Waals surface area (Å²) >= 11 is 0. The summed E-state index contributed by atoms with van der Waals surface area (Å²) in [6, 6.07) is 11.9. The third kappa shape index (κ3) is 2.08. The normalized spacial score (nSPS) is 24.5. The lowest BCUT2D eigenvalue weighted by atomic mass is 10.0. The molecule has 0 unspecified atom stereocenters. The molecule has 1 heterocycles. The van der Waals surface area contributed by atoms with Crippen LogP contribution in [-0.2, 0) is 0 Å². The van der Waals surface area contributed by atoms with Crippen molar-refractivity contribution in [3.63, 3.8) is 0 Å². The average Bonchev–Trinajstić information content (AvgIpc) is 3.07. The Morgan fingerprint density at radius 3 is 2.33 bits per heavy atom. The number of likely N-dealkylation sites (tertiary alicyclic amines) is 1. The van der Waals surface area contributed by atoms with Gasteiger partial charge in [-0.2, -0.15) is 0 Å². The molecule has 3 heteroatoms. The highest BCUT2D eigenvalue weighted by molar-refractivity contribution is 6.04. The SMILES string of the molecule is Nc1cc2ccccc2cc1C(=O)N1C[C@H]2CCC[C@@H]2C1. The van der Waals surface area contributed by atoms with Gasteiger partial charge in [-0.15, -0.1) is 0 Å². The maximum atomic E-state index is 12.8. The molecule has 2 atom stereocenters. The second-order valence-electron chi connectivity index (χ2n) is 6.45. The summed E-state index contributed by atoms with van der Waals surface area (Å²) in [6.07, 6.45) is 3.89. The second kappa shape index (κ2) is 4.76. The first kappa shape index (κ1) is 12.7. The van der Waals surface area contributed by atoms with E-state index in [1.165, 1.54) is 19.3 Å². The smallest absolute Gasteiger partial charge is 0.255 e. The van der Waals surface area contributed by atoms with Gasteiger partial charge in [0.2, 0.25) is 0 Å². The average molecular weight is 280 g/mol. The summed E-state index contributed by atoms with van der Waals surface area (Å²) in [7, 11) is 0. The van der Waals surface area contributed by atoms with E-state index in [4.69, 9.17) is 5.73 Å². The van der Waals surface area contributed by atoms with Crippen LogP contribution >= 0.6 is 0 Å². The predicted molar refractivity (Wildman–Crippen MR) is 85.1 cm³/mol. The van der Waals surface area contributed by atoms with Crippen molar-refractivity contribution in [3.8, 4) is 0 Å². The predicted octanol–water partition coefficient (Wildman–Crippen LogP) is 3.29. The molecule has 4 rings (SSSR count). The second-order valence-corrected chi connectivity index (χ2v) is 6.45. The van der Waals surface area contributed by atoms with Gasteiger partial charge >= 0.3 is 0 Å². The van der Waals surface area contributed by atoms with Crippen molar-refractivity contribution < 1.29 is 4.79 Å². The monoisotopic (exact) mass is 280 g/mol. The molecule has 3 nitrogen and oxygen atoms in total. The summed E-state index contributed by atoms with van der Waals surface area (Å²) < 4.78 is 0. The summed E-state index contributed by atoms with van der Waals surface area (Å²) in [6.45, 7) is 1.82. The molecule has 0 spiro atoms. The van der Waals surface area contributed by atoms with Crippen LogP contribution < -0.4 is 5.73 Å². The standard InChI is InChI=1S/C18H20N2O/c19-17-9-13-5-2-1-4-12(13)8-16(17)18(21)20-10-14-6-3-7-15(14)11-20/h1-2,4-5,8-9,14-15H,3,6-7,10-11,19H2/t14-,15-/m1/s1. The van der Waals surface area contributed by atoms with E-state index < -0.39 is 0 Å². The molecule has 1 saturated carbocycles. The zero-order chi connectivity index (χ0) is 14.4. The Balaban J connectivity index is 1.66. The molecule has 1 aliphatic carbocycles. The van der Waals surface area contributed by atoms with Crippen LogP contribution in [0.5, 0.6) is 0 Å². The number of carbonyl (C=O) groups is 1. The summed E-state index contributed by atoms with van der Waals surface area (Å²) in [5.41, 5.74) is 7.38. The molecule has 0 bridgehead atoms. The van der Waals surface area contributed by atoms with Crippen LogP contribution in [0.3, 0.4) is 0 Å². The largest absolute Gasteiger partial charge is 0.398 e. The van der Waals surface area contributed by atoms with Crippen LogP contribution in [0.15, 0.2) is 36.4 Å². The fourth-order valence-corrected chi connectivity index (χ4v) is 4.01. The highest BCUT2D eigenvalue weighted by atomic mass is 16.2. The van der Waals surface area contributed by atoms with Gasteiger partial charge in [-0.3, -0.25) is 4.79 Å². The number of fused-ring (bicyclic) bond motifs is 2. The Morgan fingerprint density at radius 2 is 1.67 bits per heavy atom. The van der Waals surface area contributed by atoms with E-state index in [1.54, 1.807) is 0 Å². The number of hydrogen-bond acceptors (Lipinski definition) is 2. The lowest BCUT2D eigenvalue weighted by Gasteiger charge is -2.19. The molecular weight excluding hydrogens is 260 g/mol. The maximum absolute atomic E-state index is 12.8. The lowest BCUT2D eigenvalue weighted by Crippen LogP contribution is -2.30. The molecule has 2 aromatic rings. The molecule has 1 saturated heterocycles. The molecule has 0 radical (unpaired) electrons. The van der Waals surface area contributed by atoms with Crippen LogP contribution in [-0.4, -0.2) is 23.9 Å². The van der Waals surface area contributed by atoms with Gasteiger partial charge in [0, 0.05) is 18.8 Å². The molecule has 108 valence electrons. The first-order valence-corrected chi connectivity index (χ1v) is 7.80. The number of amides is 1. The molecule has 1 amide bonds. The van der Waals surface area contributed by atoms with E-state index in [0.29, 0.717) is 11.3 Å². The summed E-state index contributed by atoms with van der Waals surface area (Å²) in [4.78, 5) is 14.8. The number of nitrogens with zero attached hydrogens (tertiary/aromatic N) is 1.